The van der Waals surface area contributed by atoms with Gasteiger partial charge in [0, 0.05) is 18.3 Å². The average molecular weight is 536 g/mol. The summed E-state index contributed by atoms with van der Waals surface area (Å²) in [4.78, 5) is 5.82. The smallest absolute Gasteiger partial charge is 0.280 e. The molecule has 1 aromatic carbocycles. The highest BCUT2D eigenvalue weighted by Crippen LogP contribution is 2.35. The van der Waals surface area contributed by atoms with E-state index in [9.17, 15) is 8.78 Å². The largest absolute Gasteiger partial charge is 0.479 e. The van der Waals surface area contributed by atoms with E-state index in [2.05, 4.69) is 25.7 Å². The third kappa shape index (κ3) is 4.21. The van der Waals surface area contributed by atoms with Crippen molar-refractivity contribution in [1.29, 1.82) is 0 Å². The van der Waals surface area contributed by atoms with Gasteiger partial charge in [0.2, 0.25) is 11.8 Å². The van der Waals surface area contributed by atoms with E-state index in [-0.39, 0.29) is 31.5 Å². The number of rotatable bonds is 8. The molecular weight excluding hydrogens is 508 g/mol. The molecule has 202 valence electrons. The maximum atomic E-state index is 15.1. The van der Waals surface area contributed by atoms with Gasteiger partial charge in [-0.1, -0.05) is 11.3 Å². The molecule has 0 amide bonds. The van der Waals surface area contributed by atoms with Crippen molar-refractivity contribution in [3.8, 4) is 17.0 Å². The molecule has 0 saturated carbocycles. The first-order valence-electron chi connectivity index (χ1n) is 12.6. The normalized spacial score (nSPS) is 21.5. The Balaban J connectivity index is 1.30. The number of ether oxygens (including phenoxy) is 2. The molecule has 1 N–H and O–H groups in total. The summed E-state index contributed by atoms with van der Waals surface area (Å²) in [5, 5.41) is 15.1. The summed E-state index contributed by atoms with van der Waals surface area (Å²) in [5.41, 5.74) is 2.76. The van der Waals surface area contributed by atoms with E-state index in [0.717, 1.165) is 0 Å². The number of anilines is 1. The van der Waals surface area contributed by atoms with Crippen molar-refractivity contribution < 1.29 is 28.4 Å². The van der Waals surface area contributed by atoms with E-state index in [1.807, 2.05) is 0 Å². The second-order valence-corrected chi connectivity index (χ2v) is 9.39. The third-order valence-electron chi connectivity index (χ3n) is 7.04. The number of hydrogen-bond acceptors (Lipinski definition) is 8. The molecule has 6 rings (SSSR count). The van der Waals surface area contributed by atoms with Gasteiger partial charge in [0.25, 0.3) is 5.92 Å². The molecule has 5 heterocycles. The van der Waals surface area contributed by atoms with Crippen LogP contribution in [0.25, 0.3) is 27.7 Å². The van der Waals surface area contributed by atoms with Gasteiger partial charge < -0.3 is 14.8 Å². The fraction of sp³-hybridized carbons (Fsp3) is 0.500. The van der Waals surface area contributed by atoms with Crippen LogP contribution in [0.1, 0.15) is 13.8 Å². The predicted octanol–water partition coefficient (Wildman–Crippen LogP) is 3.15. The first kappa shape index (κ1) is 23.6. The van der Waals surface area contributed by atoms with Crippen LogP contribution in [0.15, 0.2) is 30.5 Å². The van der Waals surface area contributed by atoms with Gasteiger partial charge in [-0.2, -0.15) is 4.98 Å². The highest BCUT2D eigenvalue weighted by atomic mass is 19.3. The van der Waals surface area contributed by atoms with Crippen molar-refractivity contribution in [2.24, 2.45) is 0 Å². The van der Waals surface area contributed by atoms with E-state index in [4.69, 9.17) is 10.8 Å². The van der Waals surface area contributed by atoms with Crippen LogP contribution < -0.4 is 10.1 Å². The summed E-state index contributed by atoms with van der Waals surface area (Å²) in [5.74, 6) is -3.00. The summed E-state index contributed by atoms with van der Waals surface area (Å²) in [6.45, 7) is -1.88. The molecule has 2 saturated heterocycles. The second kappa shape index (κ2) is 9.66. The van der Waals surface area contributed by atoms with Gasteiger partial charge in [-0.05, 0) is 30.2 Å². The highest BCUT2D eigenvalue weighted by Gasteiger charge is 2.47. The van der Waals surface area contributed by atoms with Gasteiger partial charge in [0.1, 0.15) is 30.4 Å². The van der Waals surface area contributed by atoms with Crippen LogP contribution in [0, 0.1) is 0 Å². The van der Waals surface area contributed by atoms with Gasteiger partial charge in [0.15, 0.2) is 0 Å². The van der Waals surface area contributed by atoms with Gasteiger partial charge >= 0.3 is 0 Å². The molecule has 10 nitrogen and oxygen atoms in total. The number of alkyl halides is 4. The molecule has 2 fully saturated rings. The lowest BCUT2D eigenvalue weighted by atomic mass is 9.98. The van der Waals surface area contributed by atoms with Crippen LogP contribution in [-0.4, -0.2) is 99.2 Å². The summed E-state index contributed by atoms with van der Waals surface area (Å²) >= 11 is 0. The maximum absolute atomic E-state index is 15.1. The number of benzene rings is 1. The summed E-state index contributed by atoms with van der Waals surface area (Å²) in [6.07, 6.45) is 1.74. The van der Waals surface area contributed by atoms with E-state index in [0.29, 0.717) is 34.2 Å². The maximum Gasteiger partial charge on any atom is 0.280 e. The standard InChI is InChI=1S/C24H26F4N8O2/c1-37-22-21-17(14-2-3-18-19(8-14)36(33-31-18)15(9-25)10-26)4-7-35(21)32-23(30-22)29-20-5-6-34(13-24(20,27)28)16-11-38-12-16/h2-4,7-8,15-16,20H,5-6,9-13H2,1H3,(H,29,32)/t20-/m1/s1/i16D. The van der Waals surface area contributed by atoms with Crippen molar-refractivity contribution in [3.05, 3.63) is 30.5 Å². The topological polar surface area (TPSA) is 94.6 Å². The molecule has 0 bridgehead atoms. The first-order chi connectivity index (χ1) is 18.8. The van der Waals surface area contributed by atoms with Gasteiger partial charge in [-0.3, -0.25) is 4.90 Å². The Labute approximate surface area is 215 Å². The summed E-state index contributed by atoms with van der Waals surface area (Å²) < 4.78 is 78.4. The molecule has 1 atom stereocenters. The molecule has 0 radical (unpaired) electrons. The predicted molar refractivity (Wildman–Crippen MR) is 130 cm³/mol. The minimum atomic E-state index is -3.13. The Hall–Kier alpha value is -3.52. The molecule has 14 heteroatoms. The van der Waals surface area contributed by atoms with Crippen LogP contribution in [-0.2, 0) is 4.74 Å². The lowest BCUT2D eigenvalue weighted by Gasteiger charge is -2.44. The monoisotopic (exact) mass is 535 g/mol. The number of halogens is 4. The van der Waals surface area contributed by atoms with Crippen LogP contribution in [0.4, 0.5) is 23.5 Å². The van der Waals surface area contributed by atoms with Crippen LogP contribution in [0.2, 0.25) is 0 Å². The Bertz CT molecular complexity index is 1510. The zero-order valence-corrected chi connectivity index (χ0v) is 20.5. The Morgan fingerprint density at radius 2 is 2.08 bits per heavy atom. The number of likely N-dealkylation sites (tertiary alicyclic amines) is 1. The van der Waals surface area contributed by atoms with Gasteiger partial charge in [-0.15, -0.1) is 10.2 Å². The van der Waals surface area contributed by atoms with E-state index < -0.39 is 43.9 Å². The zero-order chi connectivity index (χ0) is 27.4. The number of fused-ring (bicyclic) bond motifs is 2. The molecule has 0 spiro atoms. The quantitative estimate of drug-likeness (QED) is 0.344. The molecule has 0 aliphatic carbocycles. The summed E-state index contributed by atoms with van der Waals surface area (Å²) in [6, 6.07) is 3.53. The van der Waals surface area contributed by atoms with E-state index in [1.54, 1.807) is 30.5 Å². The number of methoxy groups -OCH3 is 1. The highest BCUT2D eigenvalue weighted by molar-refractivity contribution is 5.89. The zero-order valence-electron chi connectivity index (χ0n) is 21.5. The van der Waals surface area contributed by atoms with E-state index >= 15 is 8.78 Å². The number of nitrogens with one attached hydrogen (secondary N) is 1. The number of hydrogen-bond donors (Lipinski definition) is 1. The molecule has 38 heavy (non-hydrogen) atoms. The Kier molecular flexibility index (Phi) is 5.99. The van der Waals surface area contributed by atoms with Gasteiger partial charge in [0.05, 0.1) is 45.8 Å². The van der Waals surface area contributed by atoms with Crippen molar-refractivity contribution in [3.63, 3.8) is 0 Å². The van der Waals surface area contributed by atoms with Crippen molar-refractivity contribution in [2.75, 3.05) is 52.1 Å². The SMILES string of the molecule is [2H]C1(N2CC[C@@H](Nc3nc(OC)c4c(-c5ccc6nnn(C(CF)CF)c6c5)ccn4n3)C(F)(F)C2)COC1. The minimum Gasteiger partial charge on any atom is -0.479 e. The lowest BCUT2D eigenvalue weighted by Crippen LogP contribution is -2.61. The Morgan fingerprint density at radius 1 is 1.26 bits per heavy atom. The number of nitrogens with zero attached hydrogens (tertiary/aromatic N) is 7. The first-order valence-corrected chi connectivity index (χ1v) is 12.1. The van der Waals surface area contributed by atoms with Gasteiger partial charge in [-0.25, -0.2) is 26.8 Å². The molecule has 0 unspecified atom stereocenters. The van der Waals surface area contributed by atoms with Crippen LogP contribution in [0.3, 0.4) is 0 Å². The molecule has 2 aliphatic rings. The van der Waals surface area contributed by atoms with Crippen molar-refractivity contribution in [2.45, 2.75) is 30.4 Å². The molecule has 4 aromatic rings. The van der Waals surface area contributed by atoms with Crippen LogP contribution >= 0.6 is 0 Å². The van der Waals surface area contributed by atoms with E-state index in [1.165, 1.54) is 21.2 Å². The third-order valence-corrected chi connectivity index (χ3v) is 7.04. The second-order valence-electron chi connectivity index (χ2n) is 9.39. The summed E-state index contributed by atoms with van der Waals surface area (Å²) in [7, 11) is 1.42. The number of aromatic nitrogens is 6. The molecule has 3 aromatic heterocycles. The van der Waals surface area contributed by atoms with Crippen molar-refractivity contribution in [1.82, 2.24) is 34.5 Å². The fourth-order valence-electron chi connectivity index (χ4n) is 4.89. The minimum absolute atomic E-state index is 0.0290. The number of piperidine rings is 1. The fourth-order valence-corrected chi connectivity index (χ4v) is 4.89. The Morgan fingerprint density at radius 3 is 2.76 bits per heavy atom. The average Bonchev–Trinajstić information content (AvgIpc) is 3.53. The van der Waals surface area contributed by atoms with Crippen molar-refractivity contribution >= 4 is 22.5 Å². The van der Waals surface area contributed by atoms with Crippen LogP contribution in [0.5, 0.6) is 5.88 Å². The molecular formula is C24H26F4N8O2. The lowest BCUT2D eigenvalue weighted by molar-refractivity contribution is -0.131. The molecule has 2 aliphatic heterocycles.